The Morgan fingerprint density at radius 1 is 1.20 bits per heavy atom. The second-order valence-electron chi connectivity index (χ2n) is 4.61. The minimum atomic E-state index is -3.59. The van der Waals surface area contributed by atoms with E-state index in [0.29, 0.717) is 13.1 Å². The molecule has 1 aliphatic heterocycles. The lowest BCUT2D eigenvalue weighted by molar-refractivity contribution is 0.101. The van der Waals surface area contributed by atoms with E-state index in [1.165, 1.54) is 16.4 Å². The first-order valence-corrected chi connectivity index (χ1v) is 8.60. The van der Waals surface area contributed by atoms with Gasteiger partial charge in [-0.15, -0.1) is 0 Å². The highest BCUT2D eigenvalue weighted by molar-refractivity contribution is 7.89. The van der Waals surface area contributed by atoms with Crippen molar-refractivity contribution in [1.82, 2.24) is 9.29 Å². The first kappa shape index (κ1) is 15.7. The summed E-state index contributed by atoms with van der Waals surface area (Å²) in [7, 11) is -3.59. The standard InChI is InChI=1S/C12H14Cl2N2O3S/c13-11-5-4-9(12(14)15-11)10(17)8-20(18,19)16-6-2-1-3-7-16/h4-5H,1-3,6-8H2. The zero-order chi connectivity index (χ0) is 14.8. The van der Waals surface area contributed by atoms with Crippen LogP contribution >= 0.6 is 23.2 Å². The molecule has 0 unspecified atom stereocenters. The van der Waals surface area contributed by atoms with E-state index in [-0.39, 0.29) is 15.9 Å². The van der Waals surface area contributed by atoms with Crippen molar-refractivity contribution in [3.05, 3.63) is 28.0 Å². The number of aromatic nitrogens is 1. The van der Waals surface area contributed by atoms with Gasteiger partial charge in [-0.3, -0.25) is 4.79 Å². The van der Waals surface area contributed by atoms with Crippen molar-refractivity contribution in [2.24, 2.45) is 0 Å². The molecule has 1 aromatic heterocycles. The number of sulfonamides is 1. The summed E-state index contributed by atoms with van der Waals surface area (Å²) in [5, 5.41) is 0.0850. The van der Waals surface area contributed by atoms with E-state index in [9.17, 15) is 13.2 Å². The van der Waals surface area contributed by atoms with E-state index in [0.717, 1.165) is 19.3 Å². The largest absolute Gasteiger partial charge is 0.293 e. The van der Waals surface area contributed by atoms with E-state index < -0.39 is 21.6 Å². The minimum absolute atomic E-state index is 0.0728. The normalized spacial score (nSPS) is 17.1. The number of Topliss-reactive ketones (excluding diaryl/α,β-unsaturated/α-hetero) is 1. The number of nitrogens with zero attached hydrogens (tertiary/aromatic N) is 2. The molecule has 2 rings (SSSR count). The number of hydrogen-bond acceptors (Lipinski definition) is 4. The molecule has 110 valence electrons. The molecule has 0 atom stereocenters. The molecule has 0 amide bonds. The quantitative estimate of drug-likeness (QED) is 0.625. The summed E-state index contributed by atoms with van der Waals surface area (Å²) >= 11 is 11.5. The molecule has 1 aromatic rings. The second-order valence-corrected chi connectivity index (χ2v) is 7.33. The third-order valence-electron chi connectivity index (χ3n) is 3.14. The zero-order valence-electron chi connectivity index (χ0n) is 10.7. The van der Waals surface area contributed by atoms with Gasteiger partial charge in [0.25, 0.3) is 0 Å². The average Bonchev–Trinajstić information content (AvgIpc) is 2.39. The molecule has 0 saturated carbocycles. The highest BCUT2D eigenvalue weighted by Crippen LogP contribution is 2.19. The van der Waals surface area contributed by atoms with Crippen LogP contribution < -0.4 is 0 Å². The summed E-state index contributed by atoms with van der Waals surface area (Å²) < 4.78 is 25.7. The number of carbonyl (C=O) groups is 1. The smallest absolute Gasteiger partial charge is 0.221 e. The van der Waals surface area contributed by atoms with E-state index in [1.807, 2.05) is 0 Å². The van der Waals surface area contributed by atoms with Crippen molar-refractivity contribution in [3.8, 4) is 0 Å². The second kappa shape index (κ2) is 6.39. The molecular formula is C12H14Cl2N2O3S. The van der Waals surface area contributed by atoms with Crippen molar-refractivity contribution >= 4 is 39.0 Å². The third-order valence-corrected chi connectivity index (χ3v) is 5.41. The number of ketones is 1. The fraction of sp³-hybridized carbons (Fsp3) is 0.500. The van der Waals surface area contributed by atoms with Gasteiger partial charge >= 0.3 is 0 Å². The molecule has 1 aliphatic rings. The predicted octanol–water partition coefficient (Wildman–Crippen LogP) is 2.39. The van der Waals surface area contributed by atoms with Gasteiger partial charge in [0.05, 0.1) is 5.56 Å². The molecule has 5 nitrogen and oxygen atoms in total. The molecule has 1 saturated heterocycles. The minimum Gasteiger partial charge on any atom is -0.293 e. The summed E-state index contributed by atoms with van der Waals surface area (Å²) in [4.78, 5) is 15.8. The van der Waals surface area contributed by atoms with Gasteiger partial charge in [0, 0.05) is 13.1 Å². The number of carbonyl (C=O) groups excluding carboxylic acids is 1. The molecule has 8 heteroatoms. The molecule has 0 aliphatic carbocycles. The van der Waals surface area contributed by atoms with Crippen LogP contribution in [0.25, 0.3) is 0 Å². The van der Waals surface area contributed by atoms with Crippen molar-refractivity contribution in [1.29, 1.82) is 0 Å². The molecule has 1 fully saturated rings. The number of rotatable bonds is 4. The topological polar surface area (TPSA) is 67.3 Å². The highest BCUT2D eigenvalue weighted by atomic mass is 35.5. The molecule has 0 aromatic carbocycles. The Bertz CT molecular complexity index is 613. The van der Waals surface area contributed by atoms with Gasteiger partial charge in [-0.1, -0.05) is 29.6 Å². The number of piperidine rings is 1. The van der Waals surface area contributed by atoms with Gasteiger partial charge < -0.3 is 0 Å². The number of pyridine rings is 1. The van der Waals surface area contributed by atoms with Crippen LogP contribution in [0, 0.1) is 0 Å². The van der Waals surface area contributed by atoms with Crippen molar-refractivity contribution < 1.29 is 13.2 Å². The van der Waals surface area contributed by atoms with Crippen LogP contribution in [0.1, 0.15) is 29.6 Å². The van der Waals surface area contributed by atoms with Crippen molar-refractivity contribution in [3.63, 3.8) is 0 Å². The Morgan fingerprint density at radius 3 is 2.45 bits per heavy atom. The lowest BCUT2D eigenvalue weighted by Gasteiger charge is -2.25. The Morgan fingerprint density at radius 2 is 1.85 bits per heavy atom. The van der Waals surface area contributed by atoms with E-state index in [2.05, 4.69) is 4.98 Å². The van der Waals surface area contributed by atoms with Gasteiger partial charge in [0.1, 0.15) is 16.1 Å². The zero-order valence-corrected chi connectivity index (χ0v) is 13.0. The highest BCUT2D eigenvalue weighted by Gasteiger charge is 2.28. The fourth-order valence-electron chi connectivity index (χ4n) is 2.10. The van der Waals surface area contributed by atoms with Crippen molar-refractivity contribution in [2.75, 3.05) is 18.8 Å². The van der Waals surface area contributed by atoms with Crippen LogP contribution in [-0.4, -0.2) is 42.3 Å². The molecular weight excluding hydrogens is 323 g/mol. The Hall–Kier alpha value is -0.690. The molecule has 2 heterocycles. The summed E-state index contributed by atoms with van der Waals surface area (Å²) in [6, 6.07) is 2.81. The SMILES string of the molecule is O=C(CS(=O)(=O)N1CCCCC1)c1ccc(Cl)nc1Cl. The lowest BCUT2D eigenvalue weighted by atomic mass is 10.2. The van der Waals surface area contributed by atoms with Crippen molar-refractivity contribution in [2.45, 2.75) is 19.3 Å². The van der Waals surface area contributed by atoms with Gasteiger partial charge in [0.15, 0.2) is 5.78 Å². The summed E-state index contributed by atoms with van der Waals surface area (Å²) in [6.45, 7) is 0.949. The molecule has 0 N–H and O–H groups in total. The fourth-order valence-corrected chi connectivity index (χ4v) is 4.03. The Balaban J connectivity index is 2.14. The monoisotopic (exact) mass is 336 g/mol. The number of hydrogen-bond donors (Lipinski definition) is 0. The summed E-state index contributed by atoms with van der Waals surface area (Å²) in [5.41, 5.74) is 0.0802. The van der Waals surface area contributed by atoms with Gasteiger partial charge in [-0.05, 0) is 25.0 Å². The summed E-state index contributed by atoms with van der Waals surface area (Å²) in [5.74, 6) is -1.15. The lowest BCUT2D eigenvalue weighted by Crippen LogP contribution is -2.39. The van der Waals surface area contributed by atoms with Gasteiger partial charge in [-0.2, -0.15) is 0 Å². The first-order valence-electron chi connectivity index (χ1n) is 6.23. The van der Waals surface area contributed by atoms with Gasteiger partial charge in [0.2, 0.25) is 10.0 Å². The molecule has 0 spiro atoms. The maximum atomic E-state index is 12.2. The van der Waals surface area contributed by atoms with Gasteiger partial charge in [-0.25, -0.2) is 17.7 Å². The Kier molecular flexibility index (Phi) is 5.01. The third kappa shape index (κ3) is 3.69. The van der Waals surface area contributed by atoms with E-state index >= 15 is 0 Å². The van der Waals surface area contributed by atoms with Crippen LogP contribution in [0.3, 0.4) is 0 Å². The van der Waals surface area contributed by atoms with Crippen LogP contribution in [0.2, 0.25) is 10.3 Å². The first-order chi connectivity index (χ1) is 9.40. The maximum absolute atomic E-state index is 12.2. The van der Waals surface area contributed by atoms with E-state index in [4.69, 9.17) is 23.2 Å². The molecule has 20 heavy (non-hydrogen) atoms. The predicted molar refractivity (Wildman–Crippen MR) is 77.8 cm³/mol. The van der Waals surface area contributed by atoms with Crippen LogP contribution in [0.15, 0.2) is 12.1 Å². The molecule has 0 bridgehead atoms. The Labute approximate surface area is 127 Å². The van der Waals surface area contributed by atoms with Crippen LogP contribution in [0.4, 0.5) is 0 Å². The molecule has 0 radical (unpaired) electrons. The maximum Gasteiger partial charge on any atom is 0.221 e. The summed E-state index contributed by atoms with van der Waals surface area (Å²) in [6.07, 6.45) is 2.68. The number of halogens is 2. The van der Waals surface area contributed by atoms with Crippen LogP contribution in [-0.2, 0) is 10.0 Å². The van der Waals surface area contributed by atoms with E-state index in [1.54, 1.807) is 0 Å². The van der Waals surface area contributed by atoms with Crippen LogP contribution in [0.5, 0.6) is 0 Å². The average molecular weight is 337 g/mol.